The molecule has 0 unspecified atom stereocenters. The maximum Gasteiger partial charge on any atom is 0.0546 e. The van der Waals surface area contributed by atoms with E-state index < -0.39 is 0 Å². The quantitative estimate of drug-likeness (QED) is 0.145. The lowest BCUT2D eigenvalue weighted by Gasteiger charge is -2.28. The third kappa shape index (κ3) is 6.42. The zero-order valence-electron chi connectivity index (χ0n) is 34.6. The van der Waals surface area contributed by atoms with Gasteiger partial charge in [0, 0.05) is 16.8 Å². The summed E-state index contributed by atoms with van der Waals surface area (Å²) in [7, 11) is 0. The largest absolute Gasteiger partial charge is 0.310 e. The summed E-state index contributed by atoms with van der Waals surface area (Å²) in [5, 5.41) is 12.4. The molecule has 294 valence electrons. The molecular weight excluding hydrogens is 759 g/mol. The van der Waals surface area contributed by atoms with E-state index >= 15 is 0 Å². The van der Waals surface area contributed by atoms with Crippen LogP contribution in [0.1, 0.15) is 0 Å². The van der Waals surface area contributed by atoms with Crippen LogP contribution in [0.2, 0.25) is 0 Å². The van der Waals surface area contributed by atoms with Crippen LogP contribution in [-0.2, 0) is 0 Å². The van der Waals surface area contributed by atoms with E-state index in [2.05, 4.69) is 254 Å². The van der Waals surface area contributed by atoms with E-state index in [1.807, 2.05) is 0 Å². The smallest absolute Gasteiger partial charge is 0.0546 e. The van der Waals surface area contributed by atoms with Crippen molar-refractivity contribution < 1.29 is 0 Å². The summed E-state index contributed by atoms with van der Waals surface area (Å²) in [6, 6.07) is 91.2. The predicted octanol–water partition coefficient (Wildman–Crippen LogP) is 17.6. The summed E-state index contributed by atoms with van der Waals surface area (Å²) in [5.41, 5.74) is 13.0. The van der Waals surface area contributed by atoms with E-state index in [1.54, 1.807) is 0 Å². The Morgan fingerprint density at radius 1 is 0.206 bits per heavy atom. The van der Waals surface area contributed by atoms with Gasteiger partial charge in [-0.3, -0.25) is 0 Å². The van der Waals surface area contributed by atoms with Gasteiger partial charge in [-0.25, -0.2) is 0 Å². The van der Waals surface area contributed by atoms with Crippen LogP contribution in [0.3, 0.4) is 0 Å². The number of nitrogens with zero attached hydrogens (tertiary/aromatic N) is 1. The highest BCUT2D eigenvalue weighted by molar-refractivity contribution is 6.22. The molecule has 0 aliphatic carbocycles. The van der Waals surface area contributed by atoms with E-state index in [-0.39, 0.29) is 0 Å². The fourth-order valence-electron chi connectivity index (χ4n) is 9.84. The average molecular weight is 800 g/mol. The van der Waals surface area contributed by atoms with Crippen molar-refractivity contribution in [1.29, 1.82) is 0 Å². The van der Waals surface area contributed by atoms with Gasteiger partial charge in [0.05, 0.1) is 5.69 Å². The van der Waals surface area contributed by atoms with E-state index in [0.29, 0.717) is 0 Å². The molecule has 0 radical (unpaired) electrons. The number of fused-ring (bicyclic) bond motifs is 7. The van der Waals surface area contributed by atoms with Gasteiger partial charge in [-0.15, -0.1) is 0 Å². The summed E-state index contributed by atoms with van der Waals surface area (Å²) in [6.07, 6.45) is 0. The molecule has 0 heterocycles. The van der Waals surface area contributed by atoms with E-state index in [4.69, 9.17) is 0 Å². The van der Waals surface area contributed by atoms with Gasteiger partial charge in [-0.05, 0) is 135 Å². The van der Waals surface area contributed by atoms with Crippen LogP contribution in [0.25, 0.3) is 98.4 Å². The zero-order valence-corrected chi connectivity index (χ0v) is 34.6. The molecule has 0 amide bonds. The Labute approximate surface area is 367 Å². The molecule has 0 aromatic heterocycles. The Morgan fingerprint density at radius 3 is 1.32 bits per heavy atom. The SMILES string of the molecule is c1ccc(-c2c(-c3ccccc3)c3cc(-c4cccc(N(c5cccc(-c6ccc7ccccc7c6)c5)c5cc6ccccc6c6ccccc56)c4)ccc3c3ccccc23)cc1. The van der Waals surface area contributed by atoms with Crippen molar-refractivity contribution in [3.05, 3.63) is 249 Å². The third-order valence-electron chi connectivity index (χ3n) is 12.8. The van der Waals surface area contributed by atoms with Crippen LogP contribution in [0.5, 0.6) is 0 Å². The average Bonchev–Trinajstić information content (AvgIpc) is 3.36. The molecule has 12 rings (SSSR count). The second kappa shape index (κ2) is 15.3. The van der Waals surface area contributed by atoms with Crippen molar-refractivity contribution in [2.24, 2.45) is 0 Å². The minimum atomic E-state index is 1.09. The summed E-state index contributed by atoms with van der Waals surface area (Å²) in [6.45, 7) is 0. The maximum absolute atomic E-state index is 2.46. The number of hydrogen-bond donors (Lipinski definition) is 0. The standard InChI is InChI=1S/C62H41N/c1-3-18-43(19-4-1)61-58-32-14-12-30-55(58)56-36-35-49(40-59(56)62(61)44-20-5-2-6-21-44)47-25-16-27-52(39-47)63(60-41-50-23-9-10-28-53(50)54-29-11-13-31-57(54)60)51-26-15-24-46(38-51)48-34-33-42-17-7-8-22-45(42)37-48/h1-41H. The fraction of sp³-hybridized carbons (Fsp3) is 0. The molecular formula is C62H41N. The van der Waals surface area contributed by atoms with E-state index in [9.17, 15) is 0 Å². The summed E-state index contributed by atoms with van der Waals surface area (Å²) in [4.78, 5) is 2.46. The molecule has 0 saturated carbocycles. The van der Waals surface area contributed by atoms with Crippen molar-refractivity contribution in [2.45, 2.75) is 0 Å². The molecule has 0 fully saturated rings. The van der Waals surface area contributed by atoms with Crippen LogP contribution >= 0.6 is 0 Å². The third-order valence-corrected chi connectivity index (χ3v) is 12.8. The van der Waals surface area contributed by atoms with Crippen LogP contribution < -0.4 is 4.90 Å². The molecule has 12 aromatic carbocycles. The van der Waals surface area contributed by atoms with E-state index in [1.165, 1.54) is 92.8 Å². The van der Waals surface area contributed by atoms with Crippen LogP contribution in [0.4, 0.5) is 17.1 Å². The minimum Gasteiger partial charge on any atom is -0.310 e. The lowest BCUT2D eigenvalue weighted by atomic mass is 9.84. The van der Waals surface area contributed by atoms with Crippen molar-refractivity contribution in [3.63, 3.8) is 0 Å². The highest BCUT2D eigenvalue weighted by Gasteiger charge is 2.21. The lowest BCUT2D eigenvalue weighted by molar-refractivity contribution is 1.30. The molecule has 0 spiro atoms. The van der Waals surface area contributed by atoms with Gasteiger partial charge < -0.3 is 4.90 Å². The highest BCUT2D eigenvalue weighted by Crippen LogP contribution is 2.47. The van der Waals surface area contributed by atoms with Gasteiger partial charge >= 0.3 is 0 Å². The first kappa shape index (κ1) is 36.6. The zero-order chi connectivity index (χ0) is 41.7. The number of rotatable bonds is 7. The Bertz CT molecular complexity index is 3680. The van der Waals surface area contributed by atoms with Crippen molar-refractivity contribution in [2.75, 3.05) is 4.90 Å². The molecule has 0 N–H and O–H groups in total. The van der Waals surface area contributed by atoms with Crippen LogP contribution in [0.15, 0.2) is 249 Å². The first-order chi connectivity index (χ1) is 31.2. The van der Waals surface area contributed by atoms with Crippen LogP contribution in [-0.4, -0.2) is 0 Å². The van der Waals surface area contributed by atoms with Gasteiger partial charge in [0.25, 0.3) is 0 Å². The number of benzene rings is 12. The Morgan fingerprint density at radius 2 is 0.651 bits per heavy atom. The summed E-state index contributed by atoms with van der Waals surface area (Å²) < 4.78 is 0. The van der Waals surface area contributed by atoms with E-state index in [0.717, 1.165) is 22.6 Å². The minimum absolute atomic E-state index is 1.09. The summed E-state index contributed by atoms with van der Waals surface area (Å²) in [5.74, 6) is 0. The van der Waals surface area contributed by atoms with Gasteiger partial charge in [-0.1, -0.05) is 206 Å². The second-order valence-corrected chi connectivity index (χ2v) is 16.4. The van der Waals surface area contributed by atoms with Gasteiger partial charge in [0.15, 0.2) is 0 Å². The van der Waals surface area contributed by atoms with Gasteiger partial charge in [0.1, 0.15) is 0 Å². The molecule has 63 heavy (non-hydrogen) atoms. The molecule has 12 aromatic rings. The Balaban J connectivity index is 1.08. The lowest BCUT2D eigenvalue weighted by Crippen LogP contribution is -2.11. The fourth-order valence-corrected chi connectivity index (χ4v) is 9.84. The van der Waals surface area contributed by atoms with Crippen molar-refractivity contribution in [1.82, 2.24) is 0 Å². The Hall–Kier alpha value is -8.26. The highest BCUT2D eigenvalue weighted by atomic mass is 15.1. The normalized spacial score (nSPS) is 11.5. The molecule has 0 atom stereocenters. The predicted molar refractivity (Wildman–Crippen MR) is 270 cm³/mol. The van der Waals surface area contributed by atoms with Gasteiger partial charge in [0.2, 0.25) is 0 Å². The first-order valence-corrected chi connectivity index (χ1v) is 21.7. The van der Waals surface area contributed by atoms with Crippen molar-refractivity contribution in [3.8, 4) is 44.5 Å². The van der Waals surface area contributed by atoms with Gasteiger partial charge in [-0.2, -0.15) is 0 Å². The maximum atomic E-state index is 2.46. The van der Waals surface area contributed by atoms with Crippen LogP contribution in [0, 0.1) is 0 Å². The molecule has 1 nitrogen and oxygen atoms in total. The number of hydrogen-bond acceptors (Lipinski definition) is 1. The summed E-state index contributed by atoms with van der Waals surface area (Å²) >= 11 is 0. The van der Waals surface area contributed by atoms with Crippen molar-refractivity contribution >= 4 is 70.9 Å². The first-order valence-electron chi connectivity index (χ1n) is 21.7. The molecule has 0 aliphatic rings. The molecule has 0 bridgehead atoms. The Kier molecular flexibility index (Phi) is 8.90. The number of anilines is 3. The monoisotopic (exact) mass is 799 g/mol. The molecule has 1 heteroatoms. The topological polar surface area (TPSA) is 3.24 Å². The molecule has 0 saturated heterocycles. The molecule has 0 aliphatic heterocycles. The second-order valence-electron chi connectivity index (χ2n) is 16.4.